The first-order valence-electron chi connectivity index (χ1n) is 6.26. The molecule has 0 fully saturated rings. The van der Waals surface area contributed by atoms with Crippen molar-refractivity contribution < 1.29 is 17.9 Å². The Morgan fingerprint density at radius 2 is 1.91 bits per heavy atom. The van der Waals surface area contributed by atoms with E-state index in [-0.39, 0.29) is 16.2 Å². The standard InChI is InChI=1S/C15H14BrNO4S/c1-21-13-7-6-10(8-14(13)22(2,19)20)15(18)17-12-5-3-4-11(16)9-12/h3-9H,1-2H3,(H,17,18). The van der Waals surface area contributed by atoms with Gasteiger partial charge in [0.25, 0.3) is 5.91 Å². The lowest BCUT2D eigenvalue weighted by atomic mass is 10.2. The first-order chi connectivity index (χ1) is 10.3. The molecule has 22 heavy (non-hydrogen) atoms. The van der Waals surface area contributed by atoms with Gasteiger partial charge >= 0.3 is 0 Å². The van der Waals surface area contributed by atoms with Gasteiger partial charge < -0.3 is 10.1 Å². The molecule has 2 rings (SSSR count). The Labute approximate surface area is 137 Å². The van der Waals surface area contributed by atoms with Gasteiger partial charge in [-0.05, 0) is 36.4 Å². The zero-order valence-corrected chi connectivity index (χ0v) is 14.4. The summed E-state index contributed by atoms with van der Waals surface area (Å²) in [7, 11) is -2.11. The van der Waals surface area contributed by atoms with Crippen LogP contribution in [0.25, 0.3) is 0 Å². The number of carbonyl (C=O) groups excluding carboxylic acids is 1. The molecule has 0 aliphatic rings. The summed E-state index contributed by atoms with van der Waals surface area (Å²) in [5.74, 6) is -0.188. The van der Waals surface area contributed by atoms with Gasteiger partial charge in [0.15, 0.2) is 9.84 Å². The number of amides is 1. The Bertz CT molecular complexity index is 818. The van der Waals surface area contributed by atoms with Crippen LogP contribution in [0.5, 0.6) is 5.75 Å². The number of carbonyl (C=O) groups is 1. The van der Waals surface area contributed by atoms with Crippen molar-refractivity contribution in [3.05, 3.63) is 52.5 Å². The maximum atomic E-state index is 12.2. The number of benzene rings is 2. The molecule has 0 aliphatic heterocycles. The summed E-state index contributed by atoms with van der Waals surface area (Å²) in [6.07, 6.45) is 1.07. The second kappa shape index (κ2) is 6.50. The van der Waals surface area contributed by atoms with Crippen LogP contribution >= 0.6 is 15.9 Å². The molecule has 1 N–H and O–H groups in total. The Kier molecular flexibility index (Phi) is 4.87. The predicted molar refractivity (Wildman–Crippen MR) is 88.2 cm³/mol. The molecule has 0 heterocycles. The van der Waals surface area contributed by atoms with Gasteiger partial charge in [-0.3, -0.25) is 4.79 Å². The number of nitrogens with one attached hydrogen (secondary N) is 1. The Morgan fingerprint density at radius 3 is 2.50 bits per heavy atom. The van der Waals surface area contributed by atoms with Gasteiger partial charge in [-0.1, -0.05) is 22.0 Å². The van der Waals surface area contributed by atoms with E-state index in [1.54, 1.807) is 18.2 Å². The highest BCUT2D eigenvalue weighted by Crippen LogP contribution is 2.25. The van der Waals surface area contributed by atoms with Crippen molar-refractivity contribution in [1.29, 1.82) is 0 Å². The van der Waals surface area contributed by atoms with Gasteiger partial charge in [0.05, 0.1) is 7.11 Å². The summed E-state index contributed by atoms with van der Waals surface area (Å²) in [6, 6.07) is 11.4. The van der Waals surface area contributed by atoms with E-state index < -0.39 is 15.7 Å². The molecule has 2 aromatic carbocycles. The van der Waals surface area contributed by atoms with Gasteiger partial charge in [-0.25, -0.2) is 8.42 Å². The molecule has 0 radical (unpaired) electrons. The smallest absolute Gasteiger partial charge is 0.255 e. The fourth-order valence-corrected chi connectivity index (χ4v) is 3.13. The van der Waals surface area contributed by atoms with Gasteiger partial charge in [-0.2, -0.15) is 0 Å². The second-order valence-electron chi connectivity index (χ2n) is 4.60. The van der Waals surface area contributed by atoms with E-state index in [9.17, 15) is 13.2 Å². The molecule has 1 amide bonds. The van der Waals surface area contributed by atoms with Crippen molar-refractivity contribution in [2.45, 2.75) is 4.90 Å². The molecule has 116 valence electrons. The molecule has 0 saturated heterocycles. The van der Waals surface area contributed by atoms with Crippen molar-refractivity contribution in [2.24, 2.45) is 0 Å². The summed E-state index contributed by atoms with van der Waals surface area (Å²) in [5.41, 5.74) is 0.845. The summed E-state index contributed by atoms with van der Waals surface area (Å²) in [4.78, 5) is 12.2. The quantitative estimate of drug-likeness (QED) is 0.879. The fourth-order valence-electron chi connectivity index (χ4n) is 1.88. The number of ether oxygens (including phenoxy) is 1. The number of hydrogen-bond acceptors (Lipinski definition) is 4. The Morgan fingerprint density at radius 1 is 1.18 bits per heavy atom. The van der Waals surface area contributed by atoms with Crippen LogP contribution in [0.4, 0.5) is 5.69 Å². The minimum absolute atomic E-state index is 0.0168. The average Bonchev–Trinajstić information content (AvgIpc) is 2.45. The molecule has 2 aromatic rings. The van der Waals surface area contributed by atoms with Gasteiger partial charge in [0.1, 0.15) is 10.6 Å². The van der Waals surface area contributed by atoms with Crippen LogP contribution < -0.4 is 10.1 Å². The third-order valence-electron chi connectivity index (χ3n) is 2.91. The zero-order chi connectivity index (χ0) is 16.3. The lowest BCUT2D eigenvalue weighted by Crippen LogP contribution is -2.13. The molecular formula is C15H14BrNO4S. The Hall–Kier alpha value is -1.86. The van der Waals surface area contributed by atoms with Gasteiger partial charge in [0.2, 0.25) is 0 Å². The summed E-state index contributed by atoms with van der Waals surface area (Å²) < 4.78 is 29.4. The van der Waals surface area contributed by atoms with E-state index in [1.165, 1.54) is 25.3 Å². The number of anilines is 1. The number of hydrogen-bond donors (Lipinski definition) is 1. The lowest BCUT2D eigenvalue weighted by molar-refractivity contribution is 0.102. The van der Waals surface area contributed by atoms with E-state index in [4.69, 9.17) is 4.74 Å². The number of rotatable bonds is 4. The normalized spacial score (nSPS) is 11.0. The molecule has 0 aromatic heterocycles. The highest BCUT2D eigenvalue weighted by atomic mass is 79.9. The van der Waals surface area contributed by atoms with Crippen LogP contribution in [-0.4, -0.2) is 27.7 Å². The van der Waals surface area contributed by atoms with Crippen molar-refractivity contribution in [1.82, 2.24) is 0 Å². The molecule has 0 aliphatic carbocycles. The molecule has 7 heteroatoms. The largest absolute Gasteiger partial charge is 0.495 e. The molecule has 0 spiro atoms. The maximum Gasteiger partial charge on any atom is 0.255 e. The van der Waals surface area contributed by atoms with Crippen LogP contribution in [-0.2, 0) is 9.84 Å². The summed E-state index contributed by atoms with van der Waals surface area (Å²) in [6.45, 7) is 0. The highest BCUT2D eigenvalue weighted by Gasteiger charge is 2.17. The third kappa shape index (κ3) is 3.86. The highest BCUT2D eigenvalue weighted by molar-refractivity contribution is 9.10. The van der Waals surface area contributed by atoms with Crippen LogP contribution in [0.2, 0.25) is 0 Å². The molecule has 0 bridgehead atoms. The summed E-state index contributed by atoms with van der Waals surface area (Å²) in [5, 5.41) is 2.71. The molecule has 0 saturated carbocycles. The van der Waals surface area contributed by atoms with Crippen molar-refractivity contribution in [3.63, 3.8) is 0 Å². The Balaban J connectivity index is 2.35. The monoisotopic (exact) mass is 383 g/mol. The van der Waals surface area contributed by atoms with E-state index >= 15 is 0 Å². The number of sulfone groups is 1. The van der Waals surface area contributed by atoms with E-state index in [2.05, 4.69) is 21.2 Å². The van der Waals surface area contributed by atoms with Crippen molar-refractivity contribution in [3.8, 4) is 5.75 Å². The minimum Gasteiger partial charge on any atom is -0.495 e. The molecule has 5 nitrogen and oxygen atoms in total. The van der Waals surface area contributed by atoms with Crippen LogP contribution in [0.1, 0.15) is 10.4 Å². The second-order valence-corrected chi connectivity index (χ2v) is 7.50. The van der Waals surface area contributed by atoms with Crippen LogP contribution in [0.15, 0.2) is 51.8 Å². The van der Waals surface area contributed by atoms with Crippen LogP contribution in [0.3, 0.4) is 0 Å². The third-order valence-corrected chi connectivity index (χ3v) is 4.52. The van der Waals surface area contributed by atoms with Crippen molar-refractivity contribution in [2.75, 3.05) is 18.7 Å². The molecule has 0 atom stereocenters. The zero-order valence-electron chi connectivity index (χ0n) is 12.0. The number of methoxy groups -OCH3 is 1. The van der Waals surface area contributed by atoms with Crippen molar-refractivity contribution >= 4 is 37.4 Å². The van der Waals surface area contributed by atoms with E-state index in [0.29, 0.717) is 5.69 Å². The lowest BCUT2D eigenvalue weighted by Gasteiger charge is -2.10. The SMILES string of the molecule is COc1ccc(C(=O)Nc2cccc(Br)c2)cc1S(C)(=O)=O. The average molecular weight is 384 g/mol. The molecular weight excluding hydrogens is 370 g/mol. The minimum atomic E-state index is -3.49. The van der Waals surface area contributed by atoms with E-state index in [0.717, 1.165) is 10.7 Å². The predicted octanol–water partition coefficient (Wildman–Crippen LogP) is 3.11. The molecule has 0 unspecified atom stereocenters. The first kappa shape index (κ1) is 16.5. The van der Waals surface area contributed by atoms with Gasteiger partial charge in [0, 0.05) is 22.0 Å². The summed E-state index contributed by atoms with van der Waals surface area (Å²) >= 11 is 3.32. The maximum absolute atomic E-state index is 12.2. The van der Waals surface area contributed by atoms with Crippen LogP contribution in [0, 0.1) is 0 Å². The fraction of sp³-hybridized carbons (Fsp3) is 0.133. The number of halogens is 1. The first-order valence-corrected chi connectivity index (χ1v) is 8.94. The van der Waals surface area contributed by atoms with E-state index in [1.807, 2.05) is 6.07 Å². The van der Waals surface area contributed by atoms with Gasteiger partial charge in [-0.15, -0.1) is 0 Å². The topological polar surface area (TPSA) is 72.5 Å².